The van der Waals surface area contributed by atoms with Gasteiger partial charge in [-0.25, -0.2) is 0 Å². The van der Waals surface area contributed by atoms with Gasteiger partial charge >= 0.3 is 0 Å². The normalized spacial score (nSPS) is 10.8. The number of nitrogens with zero attached hydrogens (tertiary/aromatic N) is 1. The van der Waals surface area contributed by atoms with Crippen LogP contribution in [0.25, 0.3) is 0 Å². The molecule has 0 spiro atoms. The predicted octanol–water partition coefficient (Wildman–Crippen LogP) is 3.26. The van der Waals surface area contributed by atoms with Crippen LogP contribution < -0.4 is 11.3 Å². The second-order valence-electron chi connectivity index (χ2n) is 3.65. The number of halogens is 2. The number of hydrogen-bond donors (Lipinski definition) is 1. The van der Waals surface area contributed by atoms with E-state index in [0.717, 1.165) is 10.4 Å². The molecule has 17 heavy (non-hydrogen) atoms. The quantitative estimate of drug-likeness (QED) is 0.917. The van der Waals surface area contributed by atoms with Gasteiger partial charge in [-0.3, -0.25) is 4.79 Å². The van der Waals surface area contributed by atoms with Gasteiger partial charge < -0.3 is 10.3 Å². The fourth-order valence-electron chi connectivity index (χ4n) is 1.45. The summed E-state index contributed by atoms with van der Waals surface area (Å²) in [7, 11) is 0. The van der Waals surface area contributed by atoms with Crippen LogP contribution in [0, 0.1) is 6.92 Å². The largest absolute Gasteiger partial charge is 0.397 e. The molecule has 2 N–H and O–H groups in total. The Bertz CT molecular complexity index is 620. The van der Waals surface area contributed by atoms with Gasteiger partial charge in [0.25, 0.3) is 5.56 Å². The SMILES string of the molecule is Cc1c(N)cn(Cc2sccc2Cl)c(=O)c1Br. The van der Waals surface area contributed by atoms with Crippen LogP contribution in [0.2, 0.25) is 5.02 Å². The molecule has 0 saturated carbocycles. The van der Waals surface area contributed by atoms with E-state index >= 15 is 0 Å². The van der Waals surface area contributed by atoms with Crippen LogP contribution in [-0.2, 0) is 6.54 Å². The molecule has 0 amide bonds. The zero-order valence-corrected chi connectivity index (χ0v) is 12.2. The van der Waals surface area contributed by atoms with Crippen molar-refractivity contribution in [1.82, 2.24) is 4.57 Å². The standard InChI is InChI=1S/C11H10BrClN2OS/c1-6-8(14)4-15(11(16)10(6)12)5-9-7(13)2-3-17-9/h2-4H,5,14H2,1H3. The summed E-state index contributed by atoms with van der Waals surface area (Å²) in [6, 6.07) is 1.82. The summed E-state index contributed by atoms with van der Waals surface area (Å²) in [6.45, 7) is 2.25. The lowest BCUT2D eigenvalue weighted by atomic mass is 10.2. The van der Waals surface area contributed by atoms with Gasteiger partial charge in [-0.15, -0.1) is 11.3 Å². The Morgan fingerprint density at radius 3 is 2.88 bits per heavy atom. The topological polar surface area (TPSA) is 48.0 Å². The van der Waals surface area contributed by atoms with E-state index in [9.17, 15) is 4.79 Å². The highest BCUT2D eigenvalue weighted by atomic mass is 79.9. The van der Waals surface area contributed by atoms with Gasteiger partial charge in [-0.1, -0.05) is 11.6 Å². The molecule has 2 aromatic heterocycles. The summed E-state index contributed by atoms with van der Waals surface area (Å²) in [5.41, 5.74) is 7.10. The number of nitrogens with two attached hydrogens (primary N) is 1. The van der Waals surface area contributed by atoms with Crippen LogP contribution in [0.1, 0.15) is 10.4 Å². The summed E-state index contributed by atoms with van der Waals surface area (Å²) in [6.07, 6.45) is 1.65. The van der Waals surface area contributed by atoms with Crippen molar-refractivity contribution in [3.05, 3.63) is 47.9 Å². The van der Waals surface area contributed by atoms with E-state index < -0.39 is 0 Å². The zero-order valence-electron chi connectivity index (χ0n) is 9.04. The Balaban J connectivity index is 2.48. The summed E-state index contributed by atoms with van der Waals surface area (Å²) in [5, 5.41) is 2.58. The molecule has 2 rings (SSSR count). The number of thiophene rings is 1. The molecule has 90 valence electrons. The van der Waals surface area contributed by atoms with Crippen molar-refractivity contribution in [3.63, 3.8) is 0 Å². The average molecular weight is 334 g/mol. The highest BCUT2D eigenvalue weighted by Gasteiger charge is 2.10. The maximum absolute atomic E-state index is 12.0. The highest BCUT2D eigenvalue weighted by Crippen LogP contribution is 2.24. The van der Waals surface area contributed by atoms with Crippen LogP contribution in [0.15, 0.2) is 26.9 Å². The van der Waals surface area contributed by atoms with Crippen molar-refractivity contribution in [2.45, 2.75) is 13.5 Å². The van der Waals surface area contributed by atoms with Gasteiger partial charge in [0, 0.05) is 11.1 Å². The third-order valence-electron chi connectivity index (χ3n) is 2.51. The summed E-state index contributed by atoms with van der Waals surface area (Å²) in [4.78, 5) is 12.9. The van der Waals surface area contributed by atoms with Crippen LogP contribution in [0.4, 0.5) is 5.69 Å². The Labute approximate surface area is 116 Å². The fourth-order valence-corrected chi connectivity index (χ4v) is 3.00. The molecule has 6 heteroatoms. The molecule has 0 saturated heterocycles. The molecule has 0 aliphatic rings. The zero-order chi connectivity index (χ0) is 12.6. The first kappa shape index (κ1) is 12.7. The first-order chi connectivity index (χ1) is 8.00. The van der Waals surface area contributed by atoms with Gasteiger partial charge in [-0.2, -0.15) is 0 Å². The molecule has 2 heterocycles. The minimum Gasteiger partial charge on any atom is -0.397 e. The van der Waals surface area contributed by atoms with Gasteiger partial charge in [0.1, 0.15) is 0 Å². The molecule has 0 aromatic carbocycles. The van der Waals surface area contributed by atoms with Crippen molar-refractivity contribution < 1.29 is 0 Å². The third-order valence-corrected chi connectivity index (χ3v) is 4.82. The van der Waals surface area contributed by atoms with Gasteiger partial charge in [-0.05, 0) is 39.9 Å². The second-order valence-corrected chi connectivity index (χ2v) is 5.85. The van der Waals surface area contributed by atoms with Crippen molar-refractivity contribution in [2.24, 2.45) is 0 Å². The number of nitrogen functional groups attached to an aromatic ring is 1. The molecule has 0 radical (unpaired) electrons. The van der Waals surface area contributed by atoms with E-state index in [1.165, 1.54) is 11.3 Å². The molecule has 2 aromatic rings. The highest BCUT2D eigenvalue weighted by molar-refractivity contribution is 9.10. The molecule has 0 bridgehead atoms. The maximum atomic E-state index is 12.0. The van der Waals surface area contributed by atoms with E-state index in [-0.39, 0.29) is 5.56 Å². The average Bonchev–Trinajstić information content (AvgIpc) is 2.69. The van der Waals surface area contributed by atoms with Crippen molar-refractivity contribution in [1.29, 1.82) is 0 Å². The molecule has 0 unspecified atom stereocenters. The molecular weight excluding hydrogens is 324 g/mol. The second kappa shape index (κ2) is 4.84. The molecule has 0 atom stereocenters. The lowest BCUT2D eigenvalue weighted by Gasteiger charge is -2.09. The van der Waals surface area contributed by atoms with E-state index in [0.29, 0.717) is 21.7 Å². The van der Waals surface area contributed by atoms with Gasteiger partial charge in [0.05, 0.1) is 21.7 Å². The fraction of sp³-hybridized carbons (Fsp3) is 0.182. The third kappa shape index (κ3) is 2.41. The summed E-state index contributed by atoms with van der Waals surface area (Å²) >= 11 is 10.8. The monoisotopic (exact) mass is 332 g/mol. The minimum absolute atomic E-state index is 0.0961. The van der Waals surface area contributed by atoms with Crippen LogP contribution in [0.3, 0.4) is 0 Å². The molecule has 0 aliphatic heterocycles. The first-order valence-corrected chi connectivity index (χ1v) is 6.92. The Morgan fingerprint density at radius 1 is 1.59 bits per heavy atom. The molecule has 0 fully saturated rings. The Morgan fingerprint density at radius 2 is 2.29 bits per heavy atom. The van der Waals surface area contributed by atoms with Crippen molar-refractivity contribution in [3.8, 4) is 0 Å². The predicted molar refractivity (Wildman–Crippen MR) is 76.0 cm³/mol. The number of aromatic nitrogens is 1. The number of hydrogen-bond acceptors (Lipinski definition) is 3. The van der Waals surface area contributed by atoms with E-state index in [1.54, 1.807) is 10.8 Å². The minimum atomic E-state index is -0.0961. The Hall–Kier alpha value is -0.780. The number of pyridine rings is 1. The molecule has 0 aliphatic carbocycles. The smallest absolute Gasteiger partial charge is 0.265 e. The van der Waals surface area contributed by atoms with Crippen LogP contribution in [0.5, 0.6) is 0 Å². The first-order valence-electron chi connectivity index (χ1n) is 4.87. The maximum Gasteiger partial charge on any atom is 0.265 e. The van der Waals surface area contributed by atoms with Crippen molar-refractivity contribution >= 4 is 44.6 Å². The summed E-state index contributed by atoms with van der Waals surface area (Å²) in [5.74, 6) is 0. The van der Waals surface area contributed by atoms with Crippen LogP contribution >= 0.6 is 38.9 Å². The lowest BCUT2D eigenvalue weighted by Crippen LogP contribution is -2.22. The van der Waals surface area contributed by atoms with E-state index in [4.69, 9.17) is 17.3 Å². The van der Waals surface area contributed by atoms with Gasteiger partial charge in [0.15, 0.2) is 0 Å². The van der Waals surface area contributed by atoms with E-state index in [1.807, 2.05) is 18.4 Å². The summed E-state index contributed by atoms with van der Waals surface area (Å²) < 4.78 is 2.06. The number of anilines is 1. The lowest BCUT2D eigenvalue weighted by molar-refractivity contribution is 0.765. The van der Waals surface area contributed by atoms with Gasteiger partial charge in [0.2, 0.25) is 0 Å². The van der Waals surface area contributed by atoms with E-state index in [2.05, 4.69) is 15.9 Å². The Kier molecular flexibility index (Phi) is 3.61. The molecular formula is C11H10BrClN2OS. The van der Waals surface area contributed by atoms with Crippen LogP contribution in [-0.4, -0.2) is 4.57 Å². The van der Waals surface area contributed by atoms with Crippen molar-refractivity contribution in [2.75, 3.05) is 5.73 Å². The molecule has 3 nitrogen and oxygen atoms in total. The number of rotatable bonds is 2.